The van der Waals surface area contributed by atoms with Crippen molar-refractivity contribution in [3.8, 4) is 5.75 Å². The number of hydrogen-bond acceptors (Lipinski definition) is 2. The Labute approximate surface area is 132 Å². The molecule has 2 aromatic carbocycles. The SMILES string of the molecule is COc1ccccc1CCC(=O)Nc1cccc(C(C)C)c1. The number of hydrogen-bond donors (Lipinski definition) is 1. The number of rotatable bonds is 6. The van der Waals surface area contributed by atoms with Gasteiger partial charge in [0.25, 0.3) is 0 Å². The Hall–Kier alpha value is -2.29. The number of nitrogens with one attached hydrogen (secondary N) is 1. The molecule has 0 radical (unpaired) electrons. The first-order chi connectivity index (χ1) is 10.6. The Morgan fingerprint density at radius 3 is 2.64 bits per heavy atom. The Bertz CT molecular complexity index is 635. The van der Waals surface area contributed by atoms with Crippen molar-refractivity contribution in [3.63, 3.8) is 0 Å². The van der Waals surface area contributed by atoms with E-state index in [9.17, 15) is 4.79 Å². The van der Waals surface area contributed by atoms with Crippen LogP contribution in [-0.4, -0.2) is 13.0 Å². The average molecular weight is 297 g/mol. The van der Waals surface area contributed by atoms with Gasteiger partial charge >= 0.3 is 0 Å². The second-order valence-electron chi connectivity index (χ2n) is 5.64. The predicted molar refractivity (Wildman–Crippen MR) is 90.5 cm³/mol. The molecule has 0 aromatic heterocycles. The molecule has 2 rings (SSSR count). The van der Waals surface area contributed by atoms with Crippen molar-refractivity contribution in [1.29, 1.82) is 0 Å². The summed E-state index contributed by atoms with van der Waals surface area (Å²) < 4.78 is 5.31. The summed E-state index contributed by atoms with van der Waals surface area (Å²) in [5.41, 5.74) is 3.13. The van der Waals surface area contributed by atoms with E-state index in [1.165, 1.54) is 5.56 Å². The summed E-state index contributed by atoms with van der Waals surface area (Å²) in [6.07, 6.45) is 1.10. The number of anilines is 1. The van der Waals surface area contributed by atoms with Gasteiger partial charge in [-0.2, -0.15) is 0 Å². The van der Waals surface area contributed by atoms with Crippen LogP contribution in [-0.2, 0) is 11.2 Å². The lowest BCUT2D eigenvalue weighted by molar-refractivity contribution is -0.116. The van der Waals surface area contributed by atoms with Gasteiger partial charge in [0.2, 0.25) is 5.91 Å². The zero-order valence-corrected chi connectivity index (χ0v) is 13.4. The third kappa shape index (κ3) is 4.35. The van der Waals surface area contributed by atoms with Crippen molar-refractivity contribution in [2.24, 2.45) is 0 Å². The summed E-state index contributed by atoms with van der Waals surface area (Å²) in [5, 5.41) is 2.97. The molecule has 116 valence electrons. The Kier molecular flexibility index (Phi) is 5.59. The molecule has 0 fully saturated rings. The van der Waals surface area contributed by atoms with Gasteiger partial charge in [0, 0.05) is 12.1 Å². The van der Waals surface area contributed by atoms with E-state index < -0.39 is 0 Å². The van der Waals surface area contributed by atoms with Gasteiger partial charge in [-0.3, -0.25) is 4.79 Å². The summed E-state index contributed by atoms with van der Waals surface area (Å²) in [7, 11) is 1.65. The van der Waals surface area contributed by atoms with Gasteiger partial charge < -0.3 is 10.1 Å². The minimum atomic E-state index is 0.0202. The van der Waals surface area contributed by atoms with Crippen LogP contribution in [0, 0.1) is 0 Å². The molecular formula is C19H23NO2. The first-order valence-corrected chi connectivity index (χ1v) is 7.62. The molecule has 3 nitrogen and oxygen atoms in total. The van der Waals surface area contributed by atoms with E-state index in [-0.39, 0.29) is 5.91 Å². The van der Waals surface area contributed by atoms with Gasteiger partial charge in [0.15, 0.2) is 0 Å². The highest BCUT2D eigenvalue weighted by Gasteiger charge is 2.07. The molecule has 3 heteroatoms. The Morgan fingerprint density at radius 2 is 1.91 bits per heavy atom. The number of methoxy groups -OCH3 is 1. The van der Waals surface area contributed by atoms with E-state index in [0.717, 1.165) is 17.0 Å². The lowest BCUT2D eigenvalue weighted by Gasteiger charge is -2.10. The number of carbonyl (C=O) groups excluding carboxylic acids is 1. The topological polar surface area (TPSA) is 38.3 Å². The predicted octanol–water partition coefficient (Wildman–Crippen LogP) is 4.39. The summed E-state index contributed by atoms with van der Waals surface area (Å²) >= 11 is 0. The molecule has 0 aliphatic heterocycles. The molecule has 0 atom stereocenters. The fraction of sp³-hybridized carbons (Fsp3) is 0.316. The molecule has 0 aliphatic carbocycles. The quantitative estimate of drug-likeness (QED) is 0.858. The van der Waals surface area contributed by atoms with Gasteiger partial charge in [0.1, 0.15) is 5.75 Å². The minimum absolute atomic E-state index is 0.0202. The van der Waals surface area contributed by atoms with Crippen LogP contribution in [0.4, 0.5) is 5.69 Å². The Morgan fingerprint density at radius 1 is 1.14 bits per heavy atom. The third-order valence-corrected chi connectivity index (χ3v) is 3.65. The number of aryl methyl sites for hydroxylation is 1. The highest BCUT2D eigenvalue weighted by atomic mass is 16.5. The first-order valence-electron chi connectivity index (χ1n) is 7.62. The number of amides is 1. The first kappa shape index (κ1) is 16.1. The van der Waals surface area contributed by atoms with Crippen molar-refractivity contribution in [2.45, 2.75) is 32.6 Å². The molecule has 2 aromatic rings. The number of para-hydroxylation sites is 1. The van der Waals surface area contributed by atoms with Crippen LogP contribution >= 0.6 is 0 Å². The van der Waals surface area contributed by atoms with Crippen LogP contribution in [0.5, 0.6) is 5.75 Å². The standard InChI is InChI=1S/C19H23NO2/c1-14(2)16-8-6-9-17(13-16)20-19(21)12-11-15-7-4-5-10-18(15)22-3/h4-10,13-14H,11-12H2,1-3H3,(H,20,21). The summed E-state index contributed by atoms with van der Waals surface area (Å²) in [6.45, 7) is 4.28. The number of benzene rings is 2. The van der Waals surface area contributed by atoms with Crippen LogP contribution in [0.3, 0.4) is 0 Å². The van der Waals surface area contributed by atoms with Gasteiger partial charge in [-0.25, -0.2) is 0 Å². The van der Waals surface area contributed by atoms with Crippen molar-refractivity contribution in [3.05, 3.63) is 59.7 Å². The molecule has 0 aliphatic rings. The maximum absolute atomic E-state index is 12.1. The summed E-state index contributed by atoms with van der Waals surface area (Å²) in [6, 6.07) is 15.8. The molecule has 1 amide bonds. The van der Waals surface area contributed by atoms with E-state index in [2.05, 4.69) is 25.2 Å². The van der Waals surface area contributed by atoms with Crippen LogP contribution in [0.25, 0.3) is 0 Å². The van der Waals surface area contributed by atoms with Crippen LogP contribution in [0.15, 0.2) is 48.5 Å². The van der Waals surface area contributed by atoms with Crippen molar-refractivity contribution in [2.75, 3.05) is 12.4 Å². The Balaban J connectivity index is 1.94. The highest BCUT2D eigenvalue weighted by molar-refractivity contribution is 5.90. The second-order valence-corrected chi connectivity index (χ2v) is 5.64. The van der Waals surface area contributed by atoms with Crippen LogP contribution in [0.1, 0.15) is 37.3 Å². The normalized spacial score (nSPS) is 10.5. The maximum Gasteiger partial charge on any atom is 0.224 e. The lowest BCUT2D eigenvalue weighted by Crippen LogP contribution is -2.12. The third-order valence-electron chi connectivity index (χ3n) is 3.65. The summed E-state index contributed by atoms with van der Waals surface area (Å²) in [5.74, 6) is 1.30. The molecule has 0 spiro atoms. The molecule has 0 bridgehead atoms. The zero-order chi connectivity index (χ0) is 15.9. The molecule has 22 heavy (non-hydrogen) atoms. The van der Waals surface area contributed by atoms with Gasteiger partial charge in [-0.05, 0) is 41.7 Å². The van der Waals surface area contributed by atoms with Crippen molar-refractivity contribution >= 4 is 11.6 Å². The fourth-order valence-electron chi connectivity index (χ4n) is 2.36. The van der Waals surface area contributed by atoms with E-state index >= 15 is 0 Å². The zero-order valence-electron chi connectivity index (χ0n) is 13.4. The molecule has 0 saturated heterocycles. The van der Waals surface area contributed by atoms with Crippen molar-refractivity contribution < 1.29 is 9.53 Å². The van der Waals surface area contributed by atoms with Crippen LogP contribution < -0.4 is 10.1 Å². The fourth-order valence-corrected chi connectivity index (χ4v) is 2.36. The van der Waals surface area contributed by atoms with E-state index in [1.54, 1.807) is 7.11 Å². The van der Waals surface area contributed by atoms with Crippen LogP contribution in [0.2, 0.25) is 0 Å². The lowest BCUT2D eigenvalue weighted by atomic mass is 10.0. The van der Waals surface area contributed by atoms with Gasteiger partial charge in [-0.15, -0.1) is 0 Å². The molecule has 0 heterocycles. The molecule has 1 N–H and O–H groups in total. The average Bonchev–Trinajstić information content (AvgIpc) is 2.53. The minimum Gasteiger partial charge on any atom is -0.496 e. The van der Waals surface area contributed by atoms with Gasteiger partial charge in [0.05, 0.1) is 7.11 Å². The highest BCUT2D eigenvalue weighted by Crippen LogP contribution is 2.20. The van der Waals surface area contributed by atoms with E-state index in [0.29, 0.717) is 18.8 Å². The summed E-state index contributed by atoms with van der Waals surface area (Å²) in [4.78, 5) is 12.1. The second kappa shape index (κ2) is 7.64. The number of carbonyl (C=O) groups is 1. The van der Waals surface area contributed by atoms with E-state index in [1.807, 2.05) is 42.5 Å². The molecular weight excluding hydrogens is 274 g/mol. The van der Waals surface area contributed by atoms with Crippen molar-refractivity contribution in [1.82, 2.24) is 0 Å². The smallest absolute Gasteiger partial charge is 0.224 e. The van der Waals surface area contributed by atoms with Gasteiger partial charge in [-0.1, -0.05) is 44.2 Å². The molecule has 0 unspecified atom stereocenters. The number of ether oxygens (including phenoxy) is 1. The molecule has 0 saturated carbocycles. The maximum atomic E-state index is 12.1. The van der Waals surface area contributed by atoms with E-state index in [4.69, 9.17) is 4.74 Å². The monoisotopic (exact) mass is 297 g/mol. The largest absolute Gasteiger partial charge is 0.496 e.